The van der Waals surface area contributed by atoms with E-state index in [1.807, 2.05) is 18.2 Å². The van der Waals surface area contributed by atoms with Crippen LogP contribution in [0.15, 0.2) is 24.3 Å². The number of piperidine rings is 1. The first-order chi connectivity index (χ1) is 8.81. The third kappa shape index (κ3) is 3.33. The van der Waals surface area contributed by atoms with E-state index in [0.717, 1.165) is 49.9 Å². The smallest absolute Gasteiger partial charge is 0.251 e. The van der Waals surface area contributed by atoms with Gasteiger partial charge in [-0.15, -0.1) is 0 Å². The largest absolute Gasteiger partial charge is 0.349 e. The van der Waals surface area contributed by atoms with Gasteiger partial charge in [0.15, 0.2) is 0 Å². The van der Waals surface area contributed by atoms with E-state index in [1.54, 1.807) is 0 Å². The maximum absolute atomic E-state index is 12.3. The highest BCUT2D eigenvalue weighted by atomic mass is 16.1. The number of benzene rings is 1. The third-order valence-corrected chi connectivity index (χ3v) is 3.46. The summed E-state index contributed by atoms with van der Waals surface area (Å²) in [5, 5.41) is 6.46. The molecule has 3 nitrogen and oxygen atoms in total. The van der Waals surface area contributed by atoms with Crippen molar-refractivity contribution in [2.45, 2.75) is 38.6 Å². The van der Waals surface area contributed by atoms with Gasteiger partial charge in [0.25, 0.3) is 5.91 Å². The van der Waals surface area contributed by atoms with Gasteiger partial charge in [-0.05, 0) is 44.0 Å². The van der Waals surface area contributed by atoms with Gasteiger partial charge in [-0.2, -0.15) is 0 Å². The summed E-state index contributed by atoms with van der Waals surface area (Å²) in [6.45, 7) is 4.14. The molecule has 98 valence electrons. The van der Waals surface area contributed by atoms with Gasteiger partial charge in [-0.25, -0.2) is 0 Å². The number of amides is 1. The molecular formula is C15H22N2O. The Bertz CT molecular complexity index is 397. The van der Waals surface area contributed by atoms with Crippen LogP contribution >= 0.6 is 0 Å². The summed E-state index contributed by atoms with van der Waals surface area (Å²) < 4.78 is 0. The molecule has 1 amide bonds. The van der Waals surface area contributed by atoms with Gasteiger partial charge in [-0.1, -0.05) is 31.5 Å². The van der Waals surface area contributed by atoms with Gasteiger partial charge in [0.2, 0.25) is 0 Å². The van der Waals surface area contributed by atoms with E-state index in [0.29, 0.717) is 6.04 Å². The van der Waals surface area contributed by atoms with Crippen molar-refractivity contribution in [2.75, 3.05) is 13.1 Å². The molecule has 1 fully saturated rings. The number of aryl methyl sites for hydroxylation is 1. The second-order valence-electron chi connectivity index (χ2n) is 4.90. The molecule has 0 spiro atoms. The number of hydrogen-bond donors (Lipinski definition) is 2. The second-order valence-corrected chi connectivity index (χ2v) is 4.90. The molecule has 3 heteroatoms. The van der Waals surface area contributed by atoms with E-state index >= 15 is 0 Å². The number of carbonyl (C=O) groups excluding carboxylic acids is 1. The SMILES string of the molecule is CCCc1ccccc1C(=O)NC1CCNCC1. The van der Waals surface area contributed by atoms with Crippen molar-refractivity contribution in [3.8, 4) is 0 Å². The Kier molecular flexibility index (Phi) is 4.76. The summed E-state index contributed by atoms with van der Waals surface area (Å²) in [6, 6.07) is 8.26. The normalized spacial score (nSPS) is 16.5. The first kappa shape index (κ1) is 13.1. The Morgan fingerprint density at radius 1 is 1.33 bits per heavy atom. The Morgan fingerprint density at radius 3 is 2.78 bits per heavy atom. The standard InChI is InChI=1S/C15H22N2O/c1-2-5-12-6-3-4-7-14(12)15(18)17-13-8-10-16-11-9-13/h3-4,6-7,13,16H,2,5,8-11H2,1H3,(H,17,18). The Morgan fingerprint density at radius 2 is 2.06 bits per heavy atom. The summed E-state index contributed by atoms with van der Waals surface area (Å²) >= 11 is 0. The quantitative estimate of drug-likeness (QED) is 0.854. The average Bonchev–Trinajstić information content (AvgIpc) is 2.41. The van der Waals surface area contributed by atoms with E-state index in [-0.39, 0.29) is 5.91 Å². The fourth-order valence-electron chi connectivity index (χ4n) is 2.46. The minimum atomic E-state index is 0.0888. The lowest BCUT2D eigenvalue weighted by Gasteiger charge is -2.24. The fourth-order valence-corrected chi connectivity index (χ4v) is 2.46. The minimum absolute atomic E-state index is 0.0888. The minimum Gasteiger partial charge on any atom is -0.349 e. The molecule has 0 radical (unpaired) electrons. The molecule has 18 heavy (non-hydrogen) atoms. The van der Waals surface area contributed by atoms with Crippen LogP contribution < -0.4 is 10.6 Å². The first-order valence-corrected chi connectivity index (χ1v) is 6.90. The summed E-state index contributed by atoms with van der Waals surface area (Å²) in [7, 11) is 0. The maximum Gasteiger partial charge on any atom is 0.251 e. The molecule has 0 saturated carbocycles. The van der Waals surface area contributed by atoms with Crippen molar-refractivity contribution < 1.29 is 4.79 Å². The third-order valence-electron chi connectivity index (χ3n) is 3.46. The molecule has 1 aromatic carbocycles. The molecule has 0 aliphatic carbocycles. The highest BCUT2D eigenvalue weighted by molar-refractivity contribution is 5.95. The van der Waals surface area contributed by atoms with Crippen LogP contribution in [0.3, 0.4) is 0 Å². The number of hydrogen-bond acceptors (Lipinski definition) is 2. The van der Waals surface area contributed by atoms with Gasteiger partial charge >= 0.3 is 0 Å². The molecule has 1 aliphatic rings. The number of nitrogens with one attached hydrogen (secondary N) is 2. The van der Waals surface area contributed by atoms with Gasteiger partial charge in [-0.3, -0.25) is 4.79 Å². The van der Waals surface area contributed by atoms with Crippen molar-refractivity contribution >= 4 is 5.91 Å². The molecule has 1 heterocycles. The van der Waals surface area contributed by atoms with Gasteiger partial charge < -0.3 is 10.6 Å². The fraction of sp³-hybridized carbons (Fsp3) is 0.533. The van der Waals surface area contributed by atoms with Crippen LogP contribution in [-0.2, 0) is 6.42 Å². The van der Waals surface area contributed by atoms with Crippen LogP contribution in [0.1, 0.15) is 42.1 Å². The van der Waals surface area contributed by atoms with Crippen LogP contribution in [0.25, 0.3) is 0 Å². The Hall–Kier alpha value is -1.35. The van der Waals surface area contributed by atoms with Crippen LogP contribution in [0.4, 0.5) is 0 Å². The average molecular weight is 246 g/mol. The monoisotopic (exact) mass is 246 g/mol. The van der Waals surface area contributed by atoms with Crippen LogP contribution in [0.5, 0.6) is 0 Å². The lowest BCUT2D eigenvalue weighted by atomic mass is 10.0. The molecule has 2 rings (SSSR count). The highest BCUT2D eigenvalue weighted by Crippen LogP contribution is 2.12. The van der Waals surface area contributed by atoms with Crippen molar-refractivity contribution in [3.05, 3.63) is 35.4 Å². The van der Waals surface area contributed by atoms with E-state index < -0.39 is 0 Å². The van der Waals surface area contributed by atoms with Gasteiger partial charge in [0.1, 0.15) is 0 Å². The van der Waals surface area contributed by atoms with Crippen molar-refractivity contribution in [1.82, 2.24) is 10.6 Å². The summed E-state index contributed by atoms with van der Waals surface area (Å²) in [5.74, 6) is 0.0888. The summed E-state index contributed by atoms with van der Waals surface area (Å²) in [6.07, 6.45) is 4.09. The Labute approximate surface area is 109 Å². The molecule has 1 saturated heterocycles. The van der Waals surface area contributed by atoms with E-state index in [1.165, 1.54) is 0 Å². The van der Waals surface area contributed by atoms with Crippen LogP contribution in [0, 0.1) is 0 Å². The Balaban J connectivity index is 2.03. The predicted octanol–water partition coefficient (Wildman–Crippen LogP) is 2.12. The van der Waals surface area contributed by atoms with Crippen molar-refractivity contribution in [3.63, 3.8) is 0 Å². The molecule has 2 N–H and O–H groups in total. The van der Waals surface area contributed by atoms with Crippen LogP contribution in [-0.4, -0.2) is 25.0 Å². The molecule has 0 unspecified atom stereocenters. The highest BCUT2D eigenvalue weighted by Gasteiger charge is 2.17. The lowest BCUT2D eigenvalue weighted by Crippen LogP contribution is -2.42. The van der Waals surface area contributed by atoms with Gasteiger partial charge in [0, 0.05) is 11.6 Å². The topological polar surface area (TPSA) is 41.1 Å². The zero-order chi connectivity index (χ0) is 12.8. The van der Waals surface area contributed by atoms with E-state index in [2.05, 4.69) is 23.6 Å². The molecule has 1 aromatic rings. The van der Waals surface area contributed by atoms with Crippen molar-refractivity contribution in [2.24, 2.45) is 0 Å². The van der Waals surface area contributed by atoms with E-state index in [4.69, 9.17) is 0 Å². The first-order valence-electron chi connectivity index (χ1n) is 6.90. The zero-order valence-electron chi connectivity index (χ0n) is 11.0. The molecule has 0 aromatic heterocycles. The lowest BCUT2D eigenvalue weighted by molar-refractivity contribution is 0.0928. The number of carbonyl (C=O) groups is 1. The van der Waals surface area contributed by atoms with Crippen molar-refractivity contribution in [1.29, 1.82) is 0 Å². The summed E-state index contributed by atoms with van der Waals surface area (Å²) in [5.41, 5.74) is 2.00. The second kappa shape index (κ2) is 6.55. The zero-order valence-corrected chi connectivity index (χ0v) is 11.0. The molecule has 0 atom stereocenters. The maximum atomic E-state index is 12.3. The summed E-state index contributed by atoms with van der Waals surface area (Å²) in [4.78, 5) is 12.3. The molecule has 1 aliphatic heterocycles. The van der Waals surface area contributed by atoms with Crippen LogP contribution in [0.2, 0.25) is 0 Å². The number of rotatable bonds is 4. The molecule has 0 bridgehead atoms. The van der Waals surface area contributed by atoms with Gasteiger partial charge in [0.05, 0.1) is 0 Å². The molecular weight excluding hydrogens is 224 g/mol. The predicted molar refractivity (Wildman–Crippen MR) is 73.8 cm³/mol. The van der Waals surface area contributed by atoms with E-state index in [9.17, 15) is 4.79 Å².